The Morgan fingerprint density at radius 2 is 2.10 bits per heavy atom. The highest BCUT2D eigenvalue weighted by atomic mass is 32.2. The quantitative estimate of drug-likeness (QED) is 0.905. The van der Waals surface area contributed by atoms with E-state index in [4.69, 9.17) is 10.4 Å². The summed E-state index contributed by atoms with van der Waals surface area (Å²) in [5.41, 5.74) is 0.880. The summed E-state index contributed by atoms with van der Waals surface area (Å²) in [4.78, 5) is 11.2. The summed E-state index contributed by atoms with van der Waals surface area (Å²) in [6.07, 6.45) is 0. The van der Waals surface area contributed by atoms with E-state index < -0.39 is 21.9 Å². The molecular weight excluding hydrogens is 292 g/mol. The molecule has 0 saturated carbocycles. The van der Waals surface area contributed by atoms with Gasteiger partial charge in [-0.2, -0.15) is 9.57 Å². The van der Waals surface area contributed by atoms with Gasteiger partial charge in [0.2, 0.25) is 10.0 Å². The highest BCUT2D eigenvalue weighted by Crippen LogP contribution is 2.30. The van der Waals surface area contributed by atoms with Gasteiger partial charge in [-0.3, -0.25) is 4.79 Å². The van der Waals surface area contributed by atoms with E-state index in [9.17, 15) is 13.2 Å². The molecule has 1 aromatic carbocycles. The molecular formula is C14H16N2O4S. The molecule has 1 fully saturated rings. The molecule has 1 N–H and O–H groups in total. The molecule has 1 heterocycles. The fourth-order valence-corrected chi connectivity index (χ4v) is 4.36. The van der Waals surface area contributed by atoms with Crippen molar-refractivity contribution in [3.8, 4) is 6.07 Å². The lowest BCUT2D eigenvalue weighted by atomic mass is 9.99. The van der Waals surface area contributed by atoms with Crippen molar-refractivity contribution in [3.63, 3.8) is 0 Å². The number of nitrogens with zero attached hydrogens (tertiary/aromatic N) is 2. The zero-order chi connectivity index (χ0) is 15.8. The van der Waals surface area contributed by atoms with Crippen LogP contribution in [-0.2, 0) is 14.8 Å². The van der Waals surface area contributed by atoms with Crippen LogP contribution in [0.25, 0.3) is 0 Å². The fourth-order valence-electron chi connectivity index (χ4n) is 2.59. The highest BCUT2D eigenvalue weighted by Gasteiger charge is 2.41. The second-order valence-corrected chi connectivity index (χ2v) is 7.24. The lowest BCUT2D eigenvalue weighted by molar-refractivity contribution is -0.142. The molecule has 21 heavy (non-hydrogen) atoms. The van der Waals surface area contributed by atoms with Crippen molar-refractivity contribution in [2.75, 3.05) is 13.1 Å². The van der Waals surface area contributed by atoms with Gasteiger partial charge in [0.1, 0.15) is 0 Å². The third kappa shape index (κ3) is 2.77. The van der Waals surface area contributed by atoms with Crippen LogP contribution in [0.4, 0.5) is 0 Å². The average molecular weight is 308 g/mol. The SMILES string of the molecule is Cc1cc(C#N)ccc1S(=O)(=O)N1CC(C)C(C(=O)O)C1. The fraction of sp³-hybridized carbons (Fsp3) is 0.429. The van der Waals surface area contributed by atoms with Gasteiger partial charge in [0, 0.05) is 13.1 Å². The van der Waals surface area contributed by atoms with E-state index in [1.807, 2.05) is 6.07 Å². The molecule has 0 radical (unpaired) electrons. The van der Waals surface area contributed by atoms with Crippen LogP contribution in [-0.4, -0.2) is 36.9 Å². The van der Waals surface area contributed by atoms with E-state index in [0.29, 0.717) is 11.1 Å². The van der Waals surface area contributed by atoms with Crippen LogP contribution >= 0.6 is 0 Å². The Balaban J connectivity index is 2.36. The minimum atomic E-state index is -3.73. The molecule has 0 spiro atoms. The molecule has 1 aliphatic rings. The minimum Gasteiger partial charge on any atom is -0.481 e. The first kappa shape index (κ1) is 15.5. The summed E-state index contributed by atoms with van der Waals surface area (Å²) < 4.78 is 26.5. The predicted molar refractivity (Wildman–Crippen MR) is 74.9 cm³/mol. The van der Waals surface area contributed by atoms with E-state index in [1.165, 1.54) is 22.5 Å². The standard InChI is InChI=1S/C14H16N2O4S/c1-9-5-11(6-15)3-4-13(9)21(19,20)16-7-10(2)12(8-16)14(17)18/h3-5,10,12H,7-8H2,1-2H3,(H,17,18). The van der Waals surface area contributed by atoms with Crippen LogP contribution in [0.1, 0.15) is 18.1 Å². The summed E-state index contributed by atoms with van der Waals surface area (Å²) in [5.74, 6) is -1.88. The number of carbonyl (C=O) groups is 1. The molecule has 112 valence electrons. The number of aliphatic carboxylic acids is 1. The molecule has 1 saturated heterocycles. The van der Waals surface area contributed by atoms with Gasteiger partial charge in [0.15, 0.2) is 0 Å². The maximum atomic E-state index is 12.6. The van der Waals surface area contributed by atoms with Crippen molar-refractivity contribution in [1.29, 1.82) is 5.26 Å². The van der Waals surface area contributed by atoms with Crippen LogP contribution in [0.3, 0.4) is 0 Å². The Morgan fingerprint density at radius 3 is 2.57 bits per heavy atom. The lowest BCUT2D eigenvalue weighted by Gasteiger charge is -2.17. The van der Waals surface area contributed by atoms with Crippen molar-refractivity contribution >= 4 is 16.0 Å². The van der Waals surface area contributed by atoms with Gasteiger partial charge in [0.05, 0.1) is 22.4 Å². The number of rotatable bonds is 3. The molecule has 2 atom stereocenters. The van der Waals surface area contributed by atoms with E-state index in [-0.39, 0.29) is 23.9 Å². The van der Waals surface area contributed by atoms with Crippen molar-refractivity contribution in [2.45, 2.75) is 18.7 Å². The van der Waals surface area contributed by atoms with Gasteiger partial charge in [-0.1, -0.05) is 6.92 Å². The van der Waals surface area contributed by atoms with Gasteiger partial charge < -0.3 is 5.11 Å². The summed E-state index contributed by atoms with van der Waals surface area (Å²) in [6.45, 7) is 3.54. The highest BCUT2D eigenvalue weighted by molar-refractivity contribution is 7.89. The predicted octanol–water partition coefficient (Wildman–Crippen LogP) is 1.21. The van der Waals surface area contributed by atoms with Crippen LogP contribution < -0.4 is 0 Å². The number of nitriles is 1. The molecule has 2 unspecified atom stereocenters. The minimum absolute atomic E-state index is 0.0156. The van der Waals surface area contributed by atoms with Gasteiger partial charge >= 0.3 is 5.97 Å². The average Bonchev–Trinajstić information content (AvgIpc) is 2.81. The molecule has 2 rings (SSSR count). The summed E-state index contributed by atoms with van der Waals surface area (Å²) in [5, 5.41) is 17.9. The topological polar surface area (TPSA) is 98.5 Å². The maximum Gasteiger partial charge on any atom is 0.308 e. The van der Waals surface area contributed by atoms with Crippen LogP contribution in [0.15, 0.2) is 23.1 Å². The van der Waals surface area contributed by atoms with Crippen LogP contribution in [0, 0.1) is 30.1 Å². The molecule has 0 amide bonds. The van der Waals surface area contributed by atoms with Crippen LogP contribution in [0.5, 0.6) is 0 Å². The largest absolute Gasteiger partial charge is 0.481 e. The number of aryl methyl sites for hydroxylation is 1. The Bertz CT molecular complexity index is 721. The molecule has 0 aliphatic carbocycles. The summed E-state index contributed by atoms with van der Waals surface area (Å²) >= 11 is 0. The van der Waals surface area contributed by atoms with E-state index in [1.54, 1.807) is 13.8 Å². The molecule has 6 nitrogen and oxygen atoms in total. The Kier molecular flexibility index (Phi) is 4.03. The molecule has 1 aromatic rings. The summed E-state index contributed by atoms with van der Waals surface area (Å²) in [6, 6.07) is 6.33. The first-order chi connectivity index (χ1) is 9.77. The maximum absolute atomic E-state index is 12.6. The monoisotopic (exact) mass is 308 g/mol. The molecule has 7 heteroatoms. The van der Waals surface area contributed by atoms with Gasteiger partial charge in [-0.25, -0.2) is 8.42 Å². The second-order valence-electron chi connectivity index (χ2n) is 5.34. The third-order valence-corrected chi connectivity index (χ3v) is 5.81. The van der Waals surface area contributed by atoms with E-state index in [0.717, 1.165) is 0 Å². The van der Waals surface area contributed by atoms with Crippen LogP contribution in [0.2, 0.25) is 0 Å². The Labute approximate surface area is 123 Å². The first-order valence-electron chi connectivity index (χ1n) is 6.51. The number of sulfonamides is 1. The molecule has 1 aliphatic heterocycles. The summed E-state index contributed by atoms with van der Waals surface area (Å²) in [7, 11) is -3.73. The number of carboxylic acids is 1. The third-order valence-electron chi connectivity index (χ3n) is 3.82. The lowest BCUT2D eigenvalue weighted by Crippen LogP contribution is -2.30. The van der Waals surface area contributed by atoms with E-state index in [2.05, 4.69) is 0 Å². The Morgan fingerprint density at radius 1 is 1.43 bits per heavy atom. The normalized spacial score (nSPS) is 22.9. The van der Waals surface area contributed by atoms with Gasteiger partial charge in [-0.05, 0) is 36.6 Å². The number of carboxylic acid groups (broad SMARTS) is 1. The number of benzene rings is 1. The van der Waals surface area contributed by atoms with Gasteiger partial charge in [-0.15, -0.1) is 0 Å². The van der Waals surface area contributed by atoms with E-state index >= 15 is 0 Å². The van der Waals surface area contributed by atoms with Crippen molar-refractivity contribution in [3.05, 3.63) is 29.3 Å². The van der Waals surface area contributed by atoms with Crippen molar-refractivity contribution in [2.24, 2.45) is 11.8 Å². The molecule has 0 aromatic heterocycles. The van der Waals surface area contributed by atoms with Gasteiger partial charge in [0.25, 0.3) is 0 Å². The smallest absolute Gasteiger partial charge is 0.308 e. The number of hydrogen-bond acceptors (Lipinski definition) is 4. The number of hydrogen-bond donors (Lipinski definition) is 1. The molecule has 0 bridgehead atoms. The zero-order valence-electron chi connectivity index (χ0n) is 11.8. The van der Waals surface area contributed by atoms with Crippen molar-refractivity contribution < 1.29 is 18.3 Å². The van der Waals surface area contributed by atoms with Crippen molar-refractivity contribution in [1.82, 2.24) is 4.31 Å². The zero-order valence-corrected chi connectivity index (χ0v) is 12.6. The Hall–Kier alpha value is -1.91. The first-order valence-corrected chi connectivity index (χ1v) is 7.95. The second kappa shape index (κ2) is 5.47.